The van der Waals surface area contributed by atoms with Crippen molar-refractivity contribution in [1.29, 1.82) is 0 Å². The molecule has 0 aliphatic carbocycles. The summed E-state index contributed by atoms with van der Waals surface area (Å²) in [5.41, 5.74) is 4.06. The Balaban J connectivity index is 1.62. The van der Waals surface area contributed by atoms with Crippen molar-refractivity contribution in [3.05, 3.63) is 81.2 Å². The van der Waals surface area contributed by atoms with Crippen LogP contribution in [0.3, 0.4) is 0 Å². The van der Waals surface area contributed by atoms with Gasteiger partial charge in [0.05, 0.1) is 5.39 Å². The fraction of sp³-hybridized carbons (Fsp3) is 0.182. The maximum absolute atomic E-state index is 13.0. The fourth-order valence-electron chi connectivity index (χ4n) is 2.99. The highest BCUT2D eigenvalue weighted by molar-refractivity contribution is 7.98. The summed E-state index contributed by atoms with van der Waals surface area (Å²) in [4.78, 5) is 21.0. The van der Waals surface area contributed by atoms with Crippen LogP contribution in [0, 0.1) is 5.82 Å². The first-order chi connectivity index (χ1) is 13.5. The number of halogens is 1. The van der Waals surface area contributed by atoms with E-state index in [1.54, 1.807) is 12.1 Å². The molecule has 0 saturated carbocycles. The maximum atomic E-state index is 13.0. The van der Waals surface area contributed by atoms with Crippen molar-refractivity contribution in [1.82, 2.24) is 9.97 Å². The highest BCUT2D eigenvalue weighted by Gasteiger charge is 2.13. The molecule has 0 aliphatic rings. The third kappa shape index (κ3) is 3.88. The molecule has 2 aromatic carbocycles. The Kier molecular flexibility index (Phi) is 5.33. The van der Waals surface area contributed by atoms with E-state index < -0.39 is 0 Å². The lowest BCUT2D eigenvalue weighted by atomic mass is 9.99. The molecule has 2 heterocycles. The number of aromatic amines is 1. The van der Waals surface area contributed by atoms with Crippen LogP contribution in [0.15, 0.2) is 63.9 Å². The summed E-state index contributed by atoms with van der Waals surface area (Å²) in [5.74, 6) is 0.831. The Bertz CT molecular complexity index is 1160. The van der Waals surface area contributed by atoms with Gasteiger partial charge >= 0.3 is 0 Å². The Labute approximate surface area is 170 Å². The minimum Gasteiger partial charge on any atom is -0.301 e. The van der Waals surface area contributed by atoms with E-state index in [1.807, 2.05) is 5.38 Å². The Morgan fingerprint density at radius 3 is 2.50 bits per heavy atom. The van der Waals surface area contributed by atoms with E-state index in [0.29, 0.717) is 22.2 Å². The van der Waals surface area contributed by atoms with E-state index in [-0.39, 0.29) is 11.4 Å². The Hall–Kier alpha value is -2.44. The summed E-state index contributed by atoms with van der Waals surface area (Å²) < 4.78 is 13.0. The van der Waals surface area contributed by atoms with Crippen molar-refractivity contribution in [3.63, 3.8) is 0 Å². The molecule has 1 N–H and O–H groups in total. The topological polar surface area (TPSA) is 45.8 Å². The summed E-state index contributed by atoms with van der Waals surface area (Å²) >= 11 is 2.91. The van der Waals surface area contributed by atoms with Crippen LogP contribution in [0.1, 0.15) is 30.9 Å². The largest absolute Gasteiger partial charge is 0.301 e. The van der Waals surface area contributed by atoms with Crippen LogP contribution < -0.4 is 5.56 Å². The Morgan fingerprint density at radius 2 is 1.82 bits per heavy atom. The molecular weight excluding hydrogens is 391 g/mol. The molecule has 2 aromatic heterocycles. The van der Waals surface area contributed by atoms with Crippen molar-refractivity contribution in [2.24, 2.45) is 0 Å². The summed E-state index contributed by atoms with van der Waals surface area (Å²) in [7, 11) is 0. The lowest BCUT2D eigenvalue weighted by Crippen LogP contribution is -2.08. The van der Waals surface area contributed by atoms with Gasteiger partial charge in [-0.2, -0.15) is 0 Å². The van der Waals surface area contributed by atoms with Crippen molar-refractivity contribution < 1.29 is 4.39 Å². The van der Waals surface area contributed by atoms with Crippen LogP contribution in [0.4, 0.5) is 4.39 Å². The van der Waals surface area contributed by atoms with E-state index in [0.717, 1.165) is 21.5 Å². The lowest BCUT2D eigenvalue weighted by molar-refractivity contribution is 0.627. The molecule has 0 atom stereocenters. The third-order valence-corrected chi connectivity index (χ3v) is 6.42. The van der Waals surface area contributed by atoms with E-state index in [1.165, 1.54) is 40.8 Å². The number of fused-ring (bicyclic) bond motifs is 1. The molecule has 0 fully saturated rings. The molecule has 28 heavy (non-hydrogen) atoms. The number of benzene rings is 2. The molecule has 3 nitrogen and oxygen atoms in total. The monoisotopic (exact) mass is 410 g/mol. The first-order valence-electron chi connectivity index (χ1n) is 9.00. The second-order valence-corrected chi connectivity index (χ2v) is 8.71. The molecule has 0 radical (unpaired) electrons. The molecule has 4 rings (SSSR count). The Morgan fingerprint density at radius 1 is 1.11 bits per heavy atom. The van der Waals surface area contributed by atoms with E-state index >= 15 is 0 Å². The summed E-state index contributed by atoms with van der Waals surface area (Å²) in [6.07, 6.45) is 0. The number of H-pyrrole nitrogens is 1. The highest BCUT2D eigenvalue weighted by Crippen LogP contribution is 2.32. The fourth-order valence-corrected chi connectivity index (χ4v) is 4.81. The predicted molar refractivity (Wildman–Crippen MR) is 116 cm³/mol. The zero-order valence-corrected chi connectivity index (χ0v) is 17.2. The average Bonchev–Trinajstić information content (AvgIpc) is 3.12. The summed E-state index contributed by atoms with van der Waals surface area (Å²) in [6, 6.07) is 14.7. The van der Waals surface area contributed by atoms with Gasteiger partial charge in [0, 0.05) is 16.7 Å². The molecule has 0 unspecified atom stereocenters. The van der Waals surface area contributed by atoms with Crippen LogP contribution in [-0.4, -0.2) is 9.97 Å². The van der Waals surface area contributed by atoms with Gasteiger partial charge in [0.25, 0.3) is 5.56 Å². The standard InChI is InChI=1S/C22H19FN2OS2/c1-13(2)15-5-7-16(8-6-15)18-12-27-21-19(18)20(26)24-22(25-21)28-11-14-3-9-17(23)10-4-14/h3-10,12-13H,11H2,1-2H3,(H,24,25,26). The van der Waals surface area contributed by atoms with Crippen LogP contribution in [0.2, 0.25) is 0 Å². The second kappa shape index (κ2) is 7.89. The van der Waals surface area contributed by atoms with E-state index in [2.05, 4.69) is 48.1 Å². The van der Waals surface area contributed by atoms with Gasteiger partial charge in [-0.15, -0.1) is 11.3 Å². The zero-order valence-electron chi connectivity index (χ0n) is 15.5. The first kappa shape index (κ1) is 18.9. The summed E-state index contributed by atoms with van der Waals surface area (Å²) in [6.45, 7) is 4.32. The minimum absolute atomic E-state index is 0.129. The number of aromatic nitrogens is 2. The molecule has 0 saturated heterocycles. The van der Waals surface area contributed by atoms with Crippen molar-refractivity contribution >= 4 is 33.3 Å². The van der Waals surface area contributed by atoms with Gasteiger partial charge in [-0.05, 0) is 34.7 Å². The van der Waals surface area contributed by atoms with Gasteiger partial charge in [-0.1, -0.05) is 62.0 Å². The van der Waals surface area contributed by atoms with Crippen molar-refractivity contribution in [2.75, 3.05) is 0 Å². The van der Waals surface area contributed by atoms with E-state index in [9.17, 15) is 9.18 Å². The van der Waals surface area contributed by atoms with Gasteiger partial charge in [-0.25, -0.2) is 9.37 Å². The van der Waals surface area contributed by atoms with Crippen LogP contribution in [-0.2, 0) is 5.75 Å². The number of thiophene rings is 1. The highest BCUT2D eigenvalue weighted by atomic mass is 32.2. The summed E-state index contributed by atoms with van der Waals surface area (Å²) in [5, 5.41) is 3.20. The molecule has 0 amide bonds. The molecule has 0 aliphatic heterocycles. The zero-order chi connectivity index (χ0) is 19.7. The SMILES string of the molecule is CC(C)c1ccc(-c2csc3nc(SCc4ccc(F)cc4)[nH]c(=O)c23)cc1. The number of nitrogens with zero attached hydrogens (tertiary/aromatic N) is 1. The normalized spacial score (nSPS) is 11.4. The van der Waals surface area contributed by atoms with Crippen LogP contribution in [0.5, 0.6) is 0 Å². The van der Waals surface area contributed by atoms with Crippen LogP contribution in [0.25, 0.3) is 21.3 Å². The molecule has 142 valence electrons. The third-order valence-electron chi connectivity index (χ3n) is 4.60. The lowest BCUT2D eigenvalue weighted by Gasteiger charge is -2.06. The van der Waals surface area contributed by atoms with Crippen molar-refractivity contribution in [3.8, 4) is 11.1 Å². The first-order valence-corrected chi connectivity index (χ1v) is 10.9. The maximum Gasteiger partial charge on any atom is 0.260 e. The minimum atomic E-state index is -0.255. The van der Waals surface area contributed by atoms with Gasteiger partial charge in [0.1, 0.15) is 10.6 Å². The smallest absolute Gasteiger partial charge is 0.260 e. The molecular formula is C22H19FN2OS2. The van der Waals surface area contributed by atoms with Crippen molar-refractivity contribution in [2.45, 2.75) is 30.7 Å². The number of thioether (sulfide) groups is 1. The molecule has 0 spiro atoms. The quantitative estimate of drug-likeness (QED) is 0.314. The van der Waals surface area contributed by atoms with E-state index in [4.69, 9.17) is 0 Å². The van der Waals surface area contributed by atoms with Gasteiger partial charge < -0.3 is 4.98 Å². The predicted octanol–water partition coefficient (Wildman–Crippen LogP) is 6.21. The van der Waals surface area contributed by atoms with Crippen LogP contribution >= 0.6 is 23.1 Å². The number of nitrogens with one attached hydrogen (secondary N) is 1. The number of rotatable bonds is 5. The molecule has 4 aromatic rings. The number of hydrogen-bond donors (Lipinski definition) is 1. The molecule has 0 bridgehead atoms. The van der Waals surface area contributed by atoms with Gasteiger partial charge in [-0.3, -0.25) is 4.79 Å². The van der Waals surface area contributed by atoms with Gasteiger partial charge in [0.15, 0.2) is 5.16 Å². The second-order valence-electron chi connectivity index (χ2n) is 6.89. The number of hydrogen-bond acceptors (Lipinski definition) is 4. The van der Waals surface area contributed by atoms with Gasteiger partial charge in [0.2, 0.25) is 0 Å². The molecule has 6 heteroatoms. The average molecular weight is 411 g/mol.